The van der Waals surface area contributed by atoms with Crippen LogP contribution in [-0.2, 0) is 0 Å². The van der Waals surface area contributed by atoms with Gasteiger partial charge in [0.1, 0.15) is 11.6 Å². The number of H-pyrrole nitrogens is 2. The predicted octanol–water partition coefficient (Wildman–Crippen LogP) is 3.43. The highest BCUT2D eigenvalue weighted by Crippen LogP contribution is 2.32. The van der Waals surface area contributed by atoms with Gasteiger partial charge in [0.2, 0.25) is 0 Å². The Bertz CT molecular complexity index is 854. The monoisotopic (exact) mass is 315 g/mol. The quantitative estimate of drug-likeness (QED) is 0.708. The molecule has 22 heavy (non-hydrogen) atoms. The van der Waals surface area contributed by atoms with Crippen LogP contribution in [0.1, 0.15) is 13.3 Å². The molecule has 5 nitrogen and oxygen atoms in total. The first-order chi connectivity index (χ1) is 10.7. The van der Waals surface area contributed by atoms with Gasteiger partial charge in [-0.15, -0.1) is 11.8 Å². The molecule has 1 aromatic carbocycles. The van der Waals surface area contributed by atoms with E-state index in [2.05, 4.69) is 21.9 Å². The highest BCUT2D eigenvalue weighted by atomic mass is 32.2. The number of thioether (sulfide) groups is 1. The van der Waals surface area contributed by atoms with Gasteiger partial charge in [-0.2, -0.15) is 0 Å². The molecule has 3 aromatic rings. The van der Waals surface area contributed by atoms with E-state index in [0.29, 0.717) is 23.5 Å². The second-order valence-corrected chi connectivity index (χ2v) is 5.74. The number of rotatable bonds is 5. The Kier molecular flexibility index (Phi) is 4.20. The number of nitrogens with zero attached hydrogens (tertiary/aromatic N) is 1. The Morgan fingerprint density at radius 2 is 2.18 bits per heavy atom. The van der Waals surface area contributed by atoms with Gasteiger partial charge in [0, 0.05) is 11.1 Å². The Labute approximate surface area is 132 Å². The summed E-state index contributed by atoms with van der Waals surface area (Å²) in [7, 11) is 0. The van der Waals surface area contributed by atoms with Crippen LogP contribution in [-0.4, -0.2) is 27.8 Å². The molecule has 0 unspecified atom stereocenters. The molecular formula is C16H17N3O2S. The van der Waals surface area contributed by atoms with Crippen LogP contribution < -0.4 is 10.3 Å². The standard InChI is InChI=1S/C16H17N3O2S/c1-3-8-21-13-9-10(22-2)4-5-11(13)15-18-12-6-7-17-16(20)14(12)19-15/h4-7,9H,3,8H2,1-2H3,(H,17,20)(H,18,19). The van der Waals surface area contributed by atoms with E-state index in [4.69, 9.17) is 4.74 Å². The third-order valence-electron chi connectivity index (χ3n) is 3.32. The summed E-state index contributed by atoms with van der Waals surface area (Å²) in [5.74, 6) is 1.43. The largest absolute Gasteiger partial charge is 0.493 e. The van der Waals surface area contributed by atoms with Gasteiger partial charge in [0.05, 0.1) is 17.7 Å². The Morgan fingerprint density at radius 3 is 2.91 bits per heavy atom. The molecule has 0 aliphatic carbocycles. The maximum atomic E-state index is 11.8. The van der Waals surface area contributed by atoms with E-state index in [-0.39, 0.29) is 5.56 Å². The van der Waals surface area contributed by atoms with Crippen molar-refractivity contribution in [1.29, 1.82) is 0 Å². The Balaban J connectivity index is 2.12. The third-order valence-corrected chi connectivity index (χ3v) is 4.04. The average Bonchev–Trinajstić information content (AvgIpc) is 2.98. The zero-order valence-electron chi connectivity index (χ0n) is 12.5. The highest BCUT2D eigenvalue weighted by molar-refractivity contribution is 7.98. The van der Waals surface area contributed by atoms with E-state index >= 15 is 0 Å². The van der Waals surface area contributed by atoms with E-state index in [1.54, 1.807) is 24.0 Å². The lowest BCUT2D eigenvalue weighted by Gasteiger charge is -2.10. The van der Waals surface area contributed by atoms with Gasteiger partial charge in [0.15, 0.2) is 5.52 Å². The molecule has 3 rings (SSSR count). The van der Waals surface area contributed by atoms with Crippen molar-refractivity contribution in [3.05, 3.63) is 40.8 Å². The molecule has 0 saturated heterocycles. The Morgan fingerprint density at radius 1 is 1.32 bits per heavy atom. The summed E-state index contributed by atoms with van der Waals surface area (Å²) in [5.41, 5.74) is 1.79. The number of imidazole rings is 1. The summed E-state index contributed by atoms with van der Waals surface area (Å²) in [6.07, 6.45) is 4.57. The fourth-order valence-electron chi connectivity index (χ4n) is 2.23. The number of hydrogen-bond acceptors (Lipinski definition) is 4. The summed E-state index contributed by atoms with van der Waals surface area (Å²) in [4.78, 5) is 23.2. The van der Waals surface area contributed by atoms with Crippen molar-refractivity contribution in [3.63, 3.8) is 0 Å². The zero-order chi connectivity index (χ0) is 15.5. The summed E-state index contributed by atoms with van der Waals surface area (Å²) >= 11 is 1.66. The lowest BCUT2D eigenvalue weighted by atomic mass is 10.2. The number of aromatic nitrogens is 3. The molecule has 2 N–H and O–H groups in total. The number of aromatic amines is 2. The number of pyridine rings is 1. The number of nitrogens with one attached hydrogen (secondary N) is 2. The first kappa shape index (κ1) is 14.7. The van der Waals surface area contributed by atoms with Crippen LogP contribution in [0.25, 0.3) is 22.4 Å². The molecular weight excluding hydrogens is 298 g/mol. The van der Waals surface area contributed by atoms with Crippen LogP contribution in [0.4, 0.5) is 0 Å². The third kappa shape index (κ3) is 2.74. The molecule has 0 aliphatic rings. The van der Waals surface area contributed by atoms with E-state index in [0.717, 1.165) is 22.6 Å². The number of fused-ring (bicyclic) bond motifs is 1. The molecule has 2 heterocycles. The van der Waals surface area contributed by atoms with Crippen LogP contribution in [0.5, 0.6) is 5.75 Å². The number of ether oxygens (including phenoxy) is 1. The van der Waals surface area contributed by atoms with Crippen LogP contribution in [0.3, 0.4) is 0 Å². The fourth-order valence-corrected chi connectivity index (χ4v) is 2.66. The van der Waals surface area contributed by atoms with Gasteiger partial charge in [0.25, 0.3) is 5.56 Å². The highest BCUT2D eigenvalue weighted by Gasteiger charge is 2.13. The van der Waals surface area contributed by atoms with Crippen molar-refractivity contribution in [2.45, 2.75) is 18.2 Å². The van der Waals surface area contributed by atoms with Crippen LogP contribution >= 0.6 is 11.8 Å². The van der Waals surface area contributed by atoms with Crippen LogP contribution in [0.15, 0.2) is 40.2 Å². The van der Waals surface area contributed by atoms with Gasteiger partial charge in [-0.25, -0.2) is 4.98 Å². The molecule has 0 atom stereocenters. The average molecular weight is 315 g/mol. The molecule has 0 bridgehead atoms. The van der Waals surface area contributed by atoms with Gasteiger partial charge >= 0.3 is 0 Å². The molecule has 0 saturated carbocycles. The second-order valence-electron chi connectivity index (χ2n) is 4.87. The maximum absolute atomic E-state index is 11.8. The molecule has 0 amide bonds. The lowest BCUT2D eigenvalue weighted by Crippen LogP contribution is -2.03. The predicted molar refractivity (Wildman–Crippen MR) is 89.7 cm³/mol. The van der Waals surface area contributed by atoms with Crippen molar-refractivity contribution >= 4 is 22.8 Å². The van der Waals surface area contributed by atoms with E-state index in [9.17, 15) is 4.79 Å². The number of hydrogen-bond donors (Lipinski definition) is 2. The molecule has 2 aromatic heterocycles. The van der Waals surface area contributed by atoms with Crippen LogP contribution in [0.2, 0.25) is 0 Å². The topological polar surface area (TPSA) is 70.8 Å². The molecule has 114 valence electrons. The van der Waals surface area contributed by atoms with Crippen LogP contribution in [0, 0.1) is 0 Å². The molecule has 0 spiro atoms. The van der Waals surface area contributed by atoms with Gasteiger partial charge < -0.3 is 14.7 Å². The minimum absolute atomic E-state index is 0.197. The lowest BCUT2D eigenvalue weighted by molar-refractivity contribution is 0.318. The van der Waals surface area contributed by atoms with Gasteiger partial charge in [-0.05, 0) is 36.9 Å². The van der Waals surface area contributed by atoms with E-state index < -0.39 is 0 Å². The van der Waals surface area contributed by atoms with Crippen molar-refractivity contribution in [3.8, 4) is 17.1 Å². The second kappa shape index (κ2) is 6.27. The number of benzene rings is 1. The van der Waals surface area contributed by atoms with Crippen molar-refractivity contribution in [2.75, 3.05) is 12.9 Å². The SMILES string of the molecule is CCCOc1cc(SC)ccc1-c1nc2c(=O)[nH]ccc2[nH]1. The fraction of sp³-hybridized carbons (Fsp3) is 0.250. The van der Waals surface area contributed by atoms with Gasteiger partial charge in [-0.3, -0.25) is 4.79 Å². The summed E-state index contributed by atoms with van der Waals surface area (Å²) < 4.78 is 5.85. The molecule has 6 heteroatoms. The molecule has 0 aliphatic heterocycles. The van der Waals surface area contributed by atoms with Gasteiger partial charge in [-0.1, -0.05) is 6.92 Å². The smallest absolute Gasteiger partial charge is 0.276 e. The summed E-state index contributed by atoms with van der Waals surface area (Å²) in [5, 5.41) is 0. The first-order valence-corrected chi connectivity index (χ1v) is 8.34. The molecule has 0 fully saturated rings. The minimum Gasteiger partial charge on any atom is -0.493 e. The van der Waals surface area contributed by atoms with E-state index in [1.165, 1.54) is 0 Å². The summed E-state index contributed by atoms with van der Waals surface area (Å²) in [6, 6.07) is 7.81. The maximum Gasteiger partial charge on any atom is 0.276 e. The first-order valence-electron chi connectivity index (χ1n) is 7.11. The van der Waals surface area contributed by atoms with E-state index in [1.807, 2.05) is 24.5 Å². The van der Waals surface area contributed by atoms with Crippen molar-refractivity contribution in [1.82, 2.24) is 15.0 Å². The minimum atomic E-state index is -0.197. The summed E-state index contributed by atoms with van der Waals surface area (Å²) in [6.45, 7) is 2.71. The molecule has 0 radical (unpaired) electrons. The van der Waals surface area contributed by atoms with Crippen molar-refractivity contribution in [2.24, 2.45) is 0 Å². The Hall–Kier alpha value is -2.21. The zero-order valence-corrected chi connectivity index (χ0v) is 13.3. The normalized spacial score (nSPS) is 11.0. The van der Waals surface area contributed by atoms with Crippen molar-refractivity contribution < 1.29 is 4.74 Å².